The van der Waals surface area contributed by atoms with E-state index in [1.807, 2.05) is 4.90 Å². The SMILES string of the molecule is CO[C@@H]1C[C@H](N)CN(c2c(O)cc3c(=O)c(C(=O)O)cn(C4CC4)c3c2Cl)C1. The van der Waals surface area contributed by atoms with E-state index in [1.54, 1.807) is 11.7 Å². The summed E-state index contributed by atoms with van der Waals surface area (Å²) in [6.45, 7) is 0.989. The van der Waals surface area contributed by atoms with E-state index in [2.05, 4.69) is 0 Å². The third-order valence-corrected chi connectivity index (χ3v) is 5.83. The number of ether oxygens (including phenoxy) is 1. The summed E-state index contributed by atoms with van der Waals surface area (Å²) in [6.07, 6.45) is 3.72. The fourth-order valence-corrected chi connectivity index (χ4v) is 4.40. The number of rotatable bonds is 4. The molecular formula is C19H22ClN3O5. The van der Waals surface area contributed by atoms with Crippen molar-refractivity contribution in [3.63, 3.8) is 0 Å². The number of carbonyl (C=O) groups is 1. The molecule has 2 aliphatic rings. The van der Waals surface area contributed by atoms with Gasteiger partial charge >= 0.3 is 5.97 Å². The Hall–Kier alpha value is -2.29. The van der Waals surface area contributed by atoms with Gasteiger partial charge in [-0.3, -0.25) is 4.79 Å². The van der Waals surface area contributed by atoms with Crippen molar-refractivity contribution in [3.05, 3.63) is 33.1 Å². The number of piperidine rings is 1. The minimum Gasteiger partial charge on any atom is -0.506 e. The first-order valence-corrected chi connectivity index (χ1v) is 9.56. The molecule has 4 rings (SSSR count). The van der Waals surface area contributed by atoms with Gasteiger partial charge in [-0.2, -0.15) is 0 Å². The largest absolute Gasteiger partial charge is 0.506 e. The van der Waals surface area contributed by atoms with Crippen molar-refractivity contribution in [2.45, 2.75) is 37.5 Å². The summed E-state index contributed by atoms with van der Waals surface area (Å²) in [5.74, 6) is -1.48. The molecule has 28 heavy (non-hydrogen) atoms. The van der Waals surface area contributed by atoms with Gasteiger partial charge in [-0.25, -0.2) is 4.79 Å². The van der Waals surface area contributed by atoms with Crippen LogP contribution in [0.5, 0.6) is 5.75 Å². The zero-order valence-electron chi connectivity index (χ0n) is 15.4. The number of aromatic hydroxyl groups is 1. The van der Waals surface area contributed by atoms with Crippen LogP contribution in [0, 0.1) is 0 Å². The number of fused-ring (bicyclic) bond motifs is 1. The smallest absolute Gasteiger partial charge is 0.341 e. The molecule has 0 radical (unpaired) electrons. The monoisotopic (exact) mass is 407 g/mol. The van der Waals surface area contributed by atoms with Gasteiger partial charge in [0.15, 0.2) is 0 Å². The standard InChI is InChI=1S/C19H22ClN3O5/c1-28-11-4-9(21)6-22(7-11)17-14(24)5-12-16(15(17)20)23(10-2-3-10)8-13(18(12)25)19(26)27/h5,8-11,24H,2-4,6-7,21H2,1H3,(H,26,27)/t9-,11+/m0/s1. The molecule has 150 valence electrons. The van der Waals surface area contributed by atoms with Gasteiger partial charge in [0.05, 0.1) is 22.0 Å². The van der Waals surface area contributed by atoms with Crippen LogP contribution in [0.3, 0.4) is 0 Å². The van der Waals surface area contributed by atoms with Crippen LogP contribution >= 0.6 is 11.6 Å². The van der Waals surface area contributed by atoms with Crippen LogP contribution in [0.25, 0.3) is 10.9 Å². The molecule has 1 aromatic carbocycles. The molecule has 9 heteroatoms. The maximum absolute atomic E-state index is 12.7. The van der Waals surface area contributed by atoms with Gasteiger partial charge in [0, 0.05) is 38.5 Å². The van der Waals surface area contributed by atoms with Gasteiger partial charge in [-0.05, 0) is 25.3 Å². The summed E-state index contributed by atoms with van der Waals surface area (Å²) in [4.78, 5) is 26.1. The third kappa shape index (κ3) is 3.11. The maximum atomic E-state index is 12.7. The highest BCUT2D eigenvalue weighted by molar-refractivity contribution is 6.38. The topological polar surface area (TPSA) is 118 Å². The number of carboxylic acid groups (broad SMARTS) is 1. The van der Waals surface area contributed by atoms with Crippen molar-refractivity contribution in [2.24, 2.45) is 5.73 Å². The number of phenols is 1. The van der Waals surface area contributed by atoms with Crippen LogP contribution in [-0.2, 0) is 4.74 Å². The Morgan fingerprint density at radius 2 is 2.07 bits per heavy atom. The number of anilines is 1. The lowest BCUT2D eigenvalue weighted by Gasteiger charge is -2.38. The molecule has 1 aliphatic carbocycles. The molecule has 1 aromatic heterocycles. The summed E-state index contributed by atoms with van der Waals surface area (Å²) in [6, 6.07) is 1.25. The van der Waals surface area contributed by atoms with Crippen LogP contribution in [0.2, 0.25) is 5.02 Å². The molecule has 0 amide bonds. The molecule has 2 heterocycles. The summed E-state index contributed by atoms with van der Waals surface area (Å²) in [5, 5.41) is 20.4. The Morgan fingerprint density at radius 3 is 2.68 bits per heavy atom. The molecule has 8 nitrogen and oxygen atoms in total. The Morgan fingerprint density at radius 1 is 1.36 bits per heavy atom. The molecule has 0 bridgehead atoms. The molecule has 2 aromatic rings. The number of hydrogen-bond donors (Lipinski definition) is 3. The van der Waals surface area contributed by atoms with E-state index in [4.69, 9.17) is 22.1 Å². The summed E-state index contributed by atoms with van der Waals surface area (Å²) >= 11 is 6.71. The second-order valence-corrected chi connectivity index (χ2v) is 7.91. The van der Waals surface area contributed by atoms with Gasteiger partial charge in [-0.15, -0.1) is 0 Å². The van der Waals surface area contributed by atoms with E-state index in [0.717, 1.165) is 12.8 Å². The van der Waals surface area contributed by atoms with E-state index < -0.39 is 11.4 Å². The zero-order chi connectivity index (χ0) is 20.2. The van der Waals surface area contributed by atoms with Gasteiger partial charge in [-0.1, -0.05) is 11.6 Å². The summed E-state index contributed by atoms with van der Waals surface area (Å²) in [5.41, 5.74) is 5.99. The predicted octanol–water partition coefficient (Wildman–Crippen LogP) is 1.95. The minimum atomic E-state index is -1.30. The lowest BCUT2D eigenvalue weighted by atomic mass is 10.0. The van der Waals surface area contributed by atoms with Gasteiger partial charge in [0.1, 0.15) is 17.0 Å². The number of nitrogens with zero attached hydrogens (tertiary/aromatic N) is 2. The van der Waals surface area contributed by atoms with Crippen LogP contribution in [0.15, 0.2) is 17.1 Å². The molecule has 1 saturated heterocycles. The molecule has 2 fully saturated rings. The van der Waals surface area contributed by atoms with Crippen LogP contribution < -0.4 is 16.1 Å². The first-order valence-electron chi connectivity index (χ1n) is 9.18. The number of methoxy groups -OCH3 is 1. The Balaban J connectivity index is 1.95. The fraction of sp³-hybridized carbons (Fsp3) is 0.474. The van der Waals surface area contributed by atoms with E-state index in [9.17, 15) is 19.8 Å². The average Bonchev–Trinajstić information content (AvgIpc) is 3.46. The quantitative estimate of drug-likeness (QED) is 0.708. The van der Waals surface area contributed by atoms with Crippen molar-refractivity contribution in [2.75, 3.05) is 25.1 Å². The number of halogens is 1. The molecule has 2 atom stereocenters. The number of pyridine rings is 1. The Bertz CT molecular complexity index is 1020. The normalized spacial score (nSPS) is 22.6. The number of aromatic nitrogens is 1. The van der Waals surface area contributed by atoms with E-state index in [1.165, 1.54) is 12.3 Å². The van der Waals surface area contributed by atoms with Crippen LogP contribution in [0.4, 0.5) is 5.69 Å². The molecule has 1 aliphatic heterocycles. The molecular weight excluding hydrogens is 386 g/mol. The van der Waals surface area contributed by atoms with Crippen molar-refractivity contribution in [3.8, 4) is 5.75 Å². The minimum absolute atomic E-state index is 0.0893. The second-order valence-electron chi connectivity index (χ2n) is 7.53. The zero-order valence-corrected chi connectivity index (χ0v) is 16.1. The van der Waals surface area contributed by atoms with Gasteiger partial charge in [0.25, 0.3) is 0 Å². The van der Waals surface area contributed by atoms with Gasteiger partial charge in [0.2, 0.25) is 5.43 Å². The number of benzene rings is 1. The van der Waals surface area contributed by atoms with E-state index in [-0.39, 0.29) is 39.9 Å². The highest BCUT2D eigenvalue weighted by atomic mass is 35.5. The predicted molar refractivity (Wildman–Crippen MR) is 106 cm³/mol. The molecule has 4 N–H and O–H groups in total. The number of phenolic OH excluding ortho intramolecular Hbond substituents is 1. The second kappa shape index (κ2) is 6.95. The van der Waals surface area contributed by atoms with Crippen molar-refractivity contribution >= 4 is 34.2 Å². The lowest BCUT2D eigenvalue weighted by Crippen LogP contribution is -2.50. The third-order valence-electron chi connectivity index (χ3n) is 5.48. The lowest BCUT2D eigenvalue weighted by molar-refractivity contribution is 0.0694. The Labute approximate surface area is 166 Å². The summed E-state index contributed by atoms with van der Waals surface area (Å²) < 4.78 is 7.20. The summed E-state index contributed by atoms with van der Waals surface area (Å²) in [7, 11) is 1.61. The highest BCUT2D eigenvalue weighted by Crippen LogP contribution is 2.45. The molecule has 1 saturated carbocycles. The van der Waals surface area contributed by atoms with Crippen molar-refractivity contribution in [1.29, 1.82) is 0 Å². The molecule has 0 spiro atoms. The van der Waals surface area contributed by atoms with Crippen molar-refractivity contribution < 1.29 is 19.7 Å². The number of aromatic carboxylic acids is 1. The Kier molecular flexibility index (Phi) is 4.73. The first kappa shape index (κ1) is 19.0. The van der Waals surface area contributed by atoms with Crippen LogP contribution in [0.1, 0.15) is 35.7 Å². The van der Waals surface area contributed by atoms with Crippen LogP contribution in [-0.4, -0.2) is 53.1 Å². The first-order chi connectivity index (χ1) is 13.3. The highest BCUT2D eigenvalue weighted by Gasteiger charge is 2.32. The van der Waals surface area contributed by atoms with Crippen molar-refractivity contribution in [1.82, 2.24) is 4.57 Å². The number of nitrogens with two attached hydrogens (primary N) is 1. The average molecular weight is 408 g/mol. The number of hydrogen-bond acceptors (Lipinski definition) is 6. The van der Waals surface area contributed by atoms with E-state index >= 15 is 0 Å². The molecule has 0 unspecified atom stereocenters. The fourth-order valence-electron chi connectivity index (χ4n) is 3.99. The van der Waals surface area contributed by atoms with E-state index in [0.29, 0.717) is 30.7 Å². The maximum Gasteiger partial charge on any atom is 0.341 e. The number of carboxylic acids is 1. The van der Waals surface area contributed by atoms with Gasteiger partial charge < -0.3 is 30.2 Å².